The van der Waals surface area contributed by atoms with Gasteiger partial charge in [-0.05, 0) is 36.2 Å². The summed E-state index contributed by atoms with van der Waals surface area (Å²) in [5.74, 6) is 0. The lowest BCUT2D eigenvalue weighted by molar-refractivity contribution is 0.465. The first-order valence-corrected chi connectivity index (χ1v) is 8.61. The third-order valence-corrected chi connectivity index (χ3v) is 5.97. The molecule has 0 aliphatic rings. The van der Waals surface area contributed by atoms with E-state index in [-0.39, 0.29) is 11.4 Å². The molecule has 0 aliphatic carbocycles. The van der Waals surface area contributed by atoms with Crippen molar-refractivity contribution in [1.29, 1.82) is 0 Å². The van der Waals surface area contributed by atoms with Crippen LogP contribution in [0.5, 0.6) is 0 Å². The number of nitrogen functional groups attached to an aromatic ring is 1. The Balaban J connectivity index is 2.35. The average molecular weight is 369 g/mol. The molecule has 2 rings (SSSR count). The highest BCUT2D eigenvalue weighted by molar-refractivity contribution is 9.10. The van der Waals surface area contributed by atoms with Crippen LogP contribution < -0.4 is 5.73 Å². The second-order valence-corrected chi connectivity index (χ2v) is 7.75. The predicted molar refractivity (Wildman–Crippen MR) is 88.4 cm³/mol. The first kappa shape index (κ1) is 16.0. The van der Waals surface area contributed by atoms with Gasteiger partial charge in [0, 0.05) is 23.8 Å². The van der Waals surface area contributed by atoms with Crippen LogP contribution in [0.2, 0.25) is 0 Å². The summed E-state index contributed by atoms with van der Waals surface area (Å²) < 4.78 is 27.6. The van der Waals surface area contributed by atoms with Crippen molar-refractivity contribution in [1.82, 2.24) is 4.31 Å². The standard InChI is InChI=1S/C15H17BrN2O2S/c1-11-7-8-13(17)9-15(11)21(19,20)18(2)10-12-5-3-4-6-14(12)16/h3-9H,10,17H2,1-2H3. The van der Waals surface area contributed by atoms with E-state index < -0.39 is 10.0 Å². The number of nitrogens with zero attached hydrogens (tertiary/aromatic N) is 1. The molecule has 112 valence electrons. The summed E-state index contributed by atoms with van der Waals surface area (Å²) in [4.78, 5) is 0.247. The van der Waals surface area contributed by atoms with Gasteiger partial charge >= 0.3 is 0 Å². The first-order chi connectivity index (χ1) is 9.82. The Morgan fingerprint density at radius 1 is 1.19 bits per heavy atom. The minimum Gasteiger partial charge on any atom is -0.399 e. The van der Waals surface area contributed by atoms with Crippen LogP contribution in [0.15, 0.2) is 51.8 Å². The van der Waals surface area contributed by atoms with Crippen LogP contribution >= 0.6 is 15.9 Å². The number of hydrogen-bond donors (Lipinski definition) is 1. The van der Waals surface area contributed by atoms with E-state index in [1.165, 1.54) is 10.4 Å². The Kier molecular flexibility index (Phi) is 4.70. The van der Waals surface area contributed by atoms with E-state index in [9.17, 15) is 8.42 Å². The van der Waals surface area contributed by atoms with Gasteiger partial charge in [-0.1, -0.05) is 40.2 Å². The maximum atomic E-state index is 12.7. The largest absolute Gasteiger partial charge is 0.399 e. The molecule has 0 aliphatic heterocycles. The van der Waals surface area contributed by atoms with Crippen LogP contribution in [0.3, 0.4) is 0 Å². The highest BCUT2D eigenvalue weighted by Crippen LogP contribution is 2.24. The van der Waals surface area contributed by atoms with Crippen molar-refractivity contribution >= 4 is 31.6 Å². The summed E-state index contributed by atoms with van der Waals surface area (Å²) in [5, 5.41) is 0. The van der Waals surface area contributed by atoms with Crippen molar-refractivity contribution < 1.29 is 8.42 Å². The summed E-state index contributed by atoms with van der Waals surface area (Å²) in [7, 11) is -2.01. The maximum Gasteiger partial charge on any atom is 0.243 e. The van der Waals surface area contributed by atoms with Gasteiger partial charge in [0.05, 0.1) is 4.90 Å². The second kappa shape index (κ2) is 6.17. The van der Waals surface area contributed by atoms with E-state index in [4.69, 9.17) is 5.73 Å². The summed E-state index contributed by atoms with van der Waals surface area (Å²) in [6.07, 6.45) is 0. The number of hydrogen-bond acceptors (Lipinski definition) is 3. The Hall–Kier alpha value is -1.37. The molecule has 4 nitrogen and oxygen atoms in total. The van der Waals surface area contributed by atoms with Crippen molar-refractivity contribution in [3.05, 3.63) is 58.1 Å². The van der Waals surface area contributed by atoms with E-state index in [0.29, 0.717) is 11.3 Å². The number of rotatable bonds is 4. The quantitative estimate of drug-likeness (QED) is 0.842. The summed E-state index contributed by atoms with van der Waals surface area (Å²) in [5.41, 5.74) is 7.74. The monoisotopic (exact) mass is 368 g/mol. The van der Waals surface area contributed by atoms with Crippen molar-refractivity contribution in [3.63, 3.8) is 0 Å². The predicted octanol–water partition coefficient (Wildman–Crippen LogP) is 3.16. The molecule has 0 fully saturated rings. The van der Waals surface area contributed by atoms with Crippen molar-refractivity contribution in [2.75, 3.05) is 12.8 Å². The van der Waals surface area contributed by atoms with Crippen LogP contribution in [0.4, 0.5) is 5.69 Å². The molecule has 0 heterocycles. The summed E-state index contributed by atoms with van der Waals surface area (Å²) in [6, 6.07) is 12.5. The molecule has 0 saturated heterocycles. The smallest absolute Gasteiger partial charge is 0.243 e. The third kappa shape index (κ3) is 3.45. The molecule has 6 heteroatoms. The van der Waals surface area contributed by atoms with Crippen LogP contribution in [-0.2, 0) is 16.6 Å². The third-order valence-electron chi connectivity index (χ3n) is 3.25. The minimum atomic E-state index is -3.57. The Labute approximate surface area is 133 Å². The van der Waals surface area contributed by atoms with E-state index in [0.717, 1.165) is 10.0 Å². The fourth-order valence-corrected chi connectivity index (χ4v) is 3.83. The number of nitrogens with two attached hydrogens (primary N) is 1. The number of halogens is 1. The Morgan fingerprint density at radius 3 is 2.52 bits per heavy atom. The van der Waals surface area contributed by atoms with Crippen molar-refractivity contribution in [2.45, 2.75) is 18.4 Å². The molecule has 0 saturated carbocycles. The van der Waals surface area contributed by atoms with Gasteiger partial charge < -0.3 is 5.73 Å². The normalized spacial score (nSPS) is 11.8. The SMILES string of the molecule is Cc1ccc(N)cc1S(=O)(=O)N(C)Cc1ccccc1Br. The van der Waals surface area contributed by atoms with E-state index in [1.807, 2.05) is 24.3 Å². The molecule has 2 N–H and O–H groups in total. The zero-order valence-corrected chi connectivity index (χ0v) is 14.3. The van der Waals surface area contributed by atoms with Gasteiger partial charge in [-0.25, -0.2) is 8.42 Å². The zero-order valence-electron chi connectivity index (χ0n) is 11.9. The molecule has 21 heavy (non-hydrogen) atoms. The highest BCUT2D eigenvalue weighted by Gasteiger charge is 2.23. The molecular formula is C15H17BrN2O2S. The highest BCUT2D eigenvalue weighted by atomic mass is 79.9. The van der Waals surface area contributed by atoms with Crippen molar-refractivity contribution in [3.8, 4) is 0 Å². The van der Waals surface area contributed by atoms with Crippen LogP contribution in [0, 0.1) is 6.92 Å². The van der Waals surface area contributed by atoms with E-state index in [1.54, 1.807) is 26.1 Å². The fraction of sp³-hybridized carbons (Fsp3) is 0.200. The van der Waals surface area contributed by atoms with Gasteiger partial charge in [-0.15, -0.1) is 0 Å². The molecule has 2 aromatic carbocycles. The number of aryl methyl sites for hydroxylation is 1. The lowest BCUT2D eigenvalue weighted by Gasteiger charge is -2.19. The van der Waals surface area contributed by atoms with E-state index >= 15 is 0 Å². The van der Waals surface area contributed by atoms with Gasteiger partial charge in [-0.2, -0.15) is 4.31 Å². The molecule has 0 atom stereocenters. The van der Waals surface area contributed by atoms with Crippen LogP contribution in [0.25, 0.3) is 0 Å². The number of anilines is 1. The molecule has 0 bridgehead atoms. The Bertz CT molecular complexity index is 760. The topological polar surface area (TPSA) is 63.4 Å². The molecule has 0 unspecified atom stereocenters. The van der Waals surface area contributed by atoms with Crippen LogP contribution in [-0.4, -0.2) is 19.8 Å². The number of benzene rings is 2. The second-order valence-electron chi connectivity index (χ2n) is 4.88. The van der Waals surface area contributed by atoms with E-state index in [2.05, 4.69) is 15.9 Å². The molecular weight excluding hydrogens is 352 g/mol. The Morgan fingerprint density at radius 2 is 1.86 bits per heavy atom. The zero-order chi connectivity index (χ0) is 15.6. The summed E-state index contributed by atoms with van der Waals surface area (Å²) >= 11 is 3.43. The van der Waals surface area contributed by atoms with Gasteiger partial charge in [0.15, 0.2) is 0 Å². The van der Waals surface area contributed by atoms with Crippen molar-refractivity contribution in [2.24, 2.45) is 0 Å². The lowest BCUT2D eigenvalue weighted by Crippen LogP contribution is -2.27. The first-order valence-electron chi connectivity index (χ1n) is 6.38. The van der Waals surface area contributed by atoms with Gasteiger partial charge in [0.1, 0.15) is 0 Å². The molecule has 2 aromatic rings. The van der Waals surface area contributed by atoms with Gasteiger partial charge in [0.25, 0.3) is 0 Å². The molecule has 0 spiro atoms. The molecule has 0 amide bonds. The lowest BCUT2D eigenvalue weighted by atomic mass is 10.2. The average Bonchev–Trinajstić information content (AvgIpc) is 2.43. The summed E-state index contributed by atoms with van der Waals surface area (Å²) in [6.45, 7) is 2.05. The van der Waals surface area contributed by atoms with Crippen LogP contribution in [0.1, 0.15) is 11.1 Å². The molecule has 0 radical (unpaired) electrons. The maximum absolute atomic E-state index is 12.7. The number of sulfonamides is 1. The van der Waals surface area contributed by atoms with Gasteiger partial charge in [-0.3, -0.25) is 0 Å². The molecule has 0 aromatic heterocycles. The minimum absolute atomic E-state index is 0.247. The van der Waals surface area contributed by atoms with Gasteiger partial charge in [0.2, 0.25) is 10.0 Å². The fourth-order valence-electron chi connectivity index (χ4n) is 2.01.